The van der Waals surface area contributed by atoms with Gasteiger partial charge in [-0.15, -0.1) is 0 Å². The van der Waals surface area contributed by atoms with E-state index in [1.807, 2.05) is 25.1 Å². The first-order chi connectivity index (χ1) is 17.0. The van der Waals surface area contributed by atoms with Gasteiger partial charge >= 0.3 is 0 Å². The largest absolute Gasteiger partial charge is 0.380 e. The molecule has 9 heteroatoms. The molecule has 0 radical (unpaired) electrons. The Morgan fingerprint density at radius 2 is 2.00 bits per heavy atom. The number of aromatic nitrogens is 2. The van der Waals surface area contributed by atoms with E-state index in [0.29, 0.717) is 29.7 Å². The van der Waals surface area contributed by atoms with Crippen LogP contribution in [0.4, 0.5) is 15.8 Å². The summed E-state index contributed by atoms with van der Waals surface area (Å²) in [5.74, 6) is -0.248. The molecule has 35 heavy (non-hydrogen) atoms. The Morgan fingerprint density at radius 3 is 2.77 bits per heavy atom. The van der Waals surface area contributed by atoms with Crippen molar-refractivity contribution in [2.75, 3.05) is 36.8 Å². The van der Waals surface area contributed by atoms with Crippen molar-refractivity contribution in [1.82, 2.24) is 19.8 Å². The van der Waals surface area contributed by atoms with Crippen molar-refractivity contribution in [3.8, 4) is 0 Å². The average molecular weight is 477 g/mol. The molecule has 5 rings (SSSR count). The number of fused-ring (bicyclic) bond motifs is 1. The van der Waals surface area contributed by atoms with Gasteiger partial charge in [0, 0.05) is 55.1 Å². The molecule has 2 aliphatic rings. The Bertz CT molecular complexity index is 1220. The summed E-state index contributed by atoms with van der Waals surface area (Å²) < 4.78 is 13.7. The summed E-state index contributed by atoms with van der Waals surface area (Å²) >= 11 is 0. The topological polar surface area (TPSA) is 90.5 Å². The van der Waals surface area contributed by atoms with E-state index < -0.39 is 6.17 Å². The third-order valence-corrected chi connectivity index (χ3v) is 6.77. The van der Waals surface area contributed by atoms with Crippen LogP contribution >= 0.6 is 0 Å². The van der Waals surface area contributed by atoms with Gasteiger partial charge in [-0.3, -0.25) is 24.5 Å². The minimum Gasteiger partial charge on any atom is -0.380 e. The van der Waals surface area contributed by atoms with E-state index in [2.05, 4.69) is 25.5 Å². The first-order valence-electron chi connectivity index (χ1n) is 12.0. The van der Waals surface area contributed by atoms with E-state index in [9.17, 15) is 14.0 Å². The predicted octanol–water partition coefficient (Wildman–Crippen LogP) is 3.33. The number of rotatable bonds is 6. The molecule has 4 heterocycles. The quantitative estimate of drug-likeness (QED) is 0.567. The third-order valence-electron chi connectivity index (χ3n) is 6.77. The zero-order chi connectivity index (χ0) is 24.4. The lowest BCUT2D eigenvalue weighted by Gasteiger charge is -2.24. The number of carbonyl (C=O) groups is 2. The molecular weight excluding hydrogens is 447 g/mol. The molecule has 3 atom stereocenters. The van der Waals surface area contributed by atoms with Gasteiger partial charge < -0.3 is 15.5 Å². The van der Waals surface area contributed by atoms with Gasteiger partial charge in [-0.25, -0.2) is 4.39 Å². The van der Waals surface area contributed by atoms with Crippen LogP contribution < -0.4 is 10.6 Å². The molecule has 3 aromatic rings. The van der Waals surface area contributed by atoms with Crippen LogP contribution in [0, 0.1) is 0 Å². The smallest absolute Gasteiger partial charge is 0.257 e. The van der Waals surface area contributed by atoms with Crippen molar-refractivity contribution in [2.45, 2.75) is 38.0 Å². The number of alkyl halides is 1. The molecule has 0 bridgehead atoms. The third kappa shape index (κ3) is 5.09. The number of pyridine rings is 2. The Hall–Kier alpha value is -3.59. The van der Waals surface area contributed by atoms with E-state index in [0.717, 1.165) is 30.6 Å². The van der Waals surface area contributed by atoms with Gasteiger partial charge in [-0.1, -0.05) is 0 Å². The molecule has 0 aliphatic carbocycles. The summed E-state index contributed by atoms with van der Waals surface area (Å²) in [4.78, 5) is 37.9. The number of nitrogens with zero attached hydrogens (tertiary/aromatic N) is 4. The SMILES string of the molecule is C[C@@H]1C[C@H](F)CN1C(=O)CN1CC[C@H](Nc2ccc(C(=O)Nc3cccnc3)c3ncccc23)C1. The fourth-order valence-electron chi connectivity index (χ4n) is 5.03. The van der Waals surface area contributed by atoms with Crippen LogP contribution in [0.2, 0.25) is 0 Å². The zero-order valence-electron chi connectivity index (χ0n) is 19.7. The first-order valence-corrected chi connectivity index (χ1v) is 12.0. The van der Waals surface area contributed by atoms with Crippen LogP contribution in [-0.2, 0) is 4.79 Å². The lowest BCUT2D eigenvalue weighted by Crippen LogP contribution is -2.42. The number of anilines is 2. The van der Waals surface area contributed by atoms with Gasteiger partial charge in [0.2, 0.25) is 5.91 Å². The summed E-state index contributed by atoms with van der Waals surface area (Å²) in [6.45, 7) is 3.94. The number of carbonyl (C=O) groups excluding carboxylic acids is 2. The van der Waals surface area contributed by atoms with Crippen LogP contribution in [0.1, 0.15) is 30.1 Å². The maximum Gasteiger partial charge on any atom is 0.257 e. The van der Waals surface area contributed by atoms with Crippen LogP contribution in [-0.4, -0.2) is 76.0 Å². The van der Waals surface area contributed by atoms with Gasteiger partial charge in [0.25, 0.3) is 5.91 Å². The number of halogens is 1. The minimum absolute atomic E-state index is 0.00284. The van der Waals surface area contributed by atoms with Gasteiger partial charge in [-0.05, 0) is 49.7 Å². The van der Waals surface area contributed by atoms with Gasteiger partial charge in [0.05, 0.1) is 36.1 Å². The highest BCUT2D eigenvalue weighted by Gasteiger charge is 2.34. The first kappa shape index (κ1) is 23.2. The molecule has 0 saturated carbocycles. The minimum atomic E-state index is -0.918. The van der Waals surface area contributed by atoms with E-state index in [1.54, 1.807) is 41.7 Å². The maximum atomic E-state index is 13.7. The summed E-state index contributed by atoms with van der Waals surface area (Å²) in [5, 5.41) is 7.31. The van der Waals surface area contributed by atoms with Crippen molar-refractivity contribution in [1.29, 1.82) is 0 Å². The molecule has 2 saturated heterocycles. The van der Waals surface area contributed by atoms with Crippen LogP contribution in [0.3, 0.4) is 0 Å². The molecule has 0 spiro atoms. The number of hydrogen-bond acceptors (Lipinski definition) is 6. The van der Waals surface area contributed by atoms with E-state index in [1.165, 1.54) is 0 Å². The molecule has 2 fully saturated rings. The molecule has 2 amide bonds. The molecule has 2 N–H and O–H groups in total. The highest BCUT2D eigenvalue weighted by Crippen LogP contribution is 2.28. The van der Waals surface area contributed by atoms with Crippen LogP contribution in [0.15, 0.2) is 55.0 Å². The lowest BCUT2D eigenvalue weighted by molar-refractivity contribution is -0.132. The van der Waals surface area contributed by atoms with E-state index in [-0.39, 0.29) is 30.4 Å². The fourth-order valence-corrected chi connectivity index (χ4v) is 5.03. The highest BCUT2D eigenvalue weighted by atomic mass is 19.1. The zero-order valence-corrected chi connectivity index (χ0v) is 19.7. The molecule has 1 aromatic carbocycles. The van der Waals surface area contributed by atoms with E-state index in [4.69, 9.17) is 0 Å². The number of hydrogen-bond donors (Lipinski definition) is 2. The normalized spacial score (nSPS) is 22.5. The van der Waals surface area contributed by atoms with Crippen molar-refractivity contribution >= 4 is 34.1 Å². The Labute approximate surface area is 203 Å². The average Bonchev–Trinajstić information content (AvgIpc) is 3.44. The molecule has 0 unspecified atom stereocenters. The van der Waals surface area contributed by atoms with Gasteiger partial charge in [0.1, 0.15) is 6.17 Å². The fraction of sp³-hybridized carbons (Fsp3) is 0.385. The number of benzene rings is 1. The second-order valence-corrected chi connectivity index (χ2v) is 9.35. The van der Waals surface area contributed by atoms with Crippen molar-refractivity contribution in [2.24, 2.45) is 0 Å². The number of nitrogens with one attached hydrogen (secondary N) is 2. The predicted molar refractivity (Wildman–Crippen MR) is 133 cm³/mol. The number of amides is 2. The standard InChI is InChI=1S/C26H29FN6O2/c1-17-12-18(27)14-33(17)24(34)16-32-11-8-20(15-32)30-23-7-6-22(25-21(23)5-3-10-29-25)26(35)31-19-4-2-9-28-13-19/h2-7,9-10,13,17-18,20,30H,8,11-12,14-16H2,1H3,(H,31,35)/t17-,18+,20+/m1/s1. The van der Waals surface area contributed by atoms with Crippen molar-refractivity contribution < 1.29 is 14.0 Å². The number of likely N-dealkylation sites (tertiary alicyclic amines) is 2. The molecule has 2 aliphatic heterocycles. The summed E-state index contributed by atoms with van der Waals surface area (Å²) in [6, 6.07) is 11.2. The Morgan fingerprint density at radius 1 is 1.14 bits per heavy atom. The lowest BCUT2D eigenvalue weighted by atomic mass is 10.1. The summed E-state index contributed by atoms with van der Waals surface area (Å²) in [7, 11) is 0. The second kappa shape index (κ2) is 9.95. The van der Waals surface area contributed by atoms with Crippen LogP contribution in [0.5, 0.6) is 0 Å². The Balaban J connectivity index is 1.26. The van der Waals surface area contributed by atoms with Crippen LogP contribution in [0.25, 0.3) is 10.9 Å². The van der Waals surface area contributed by atoms with Gasteiger partial charge in [0.15, 0.2) is 0 Å². The molecule has 8 nitrogen and oxygen atoms in total. The summed E-state index contributed by atoms with van der Waals surface area (Å²) in [6.07, 6.45) is 5.32. The monoisotopic (exact) mass is 476 g/mol. The van der Waals surface area contributed by atoms with Crippen molar-refractivity contribution in [3.63, 3.8) is 0 Å². The Kier molecular flexibility index (Phi) is 6.59. The van der Waals surface area contributed by atoms with E-state index >= 15 is 0 Å². The molecule has 2 aromatic heterocycles. The van der Waals surface area contributed by atoms with Gasteiger partial charge in [-0.2, -0.15) is 0 Å². The maximum absolute atomic E-state index is 13.7. The molecular formula is C26H29FN6O2. The highest BCUT2D eigenvalue weighted by molar-refractivity contribution is 6.13. The second-order valence-electron chi connectivity index (χ2n) is 9.35. The molecule has 182 valence electrons. The summed E-state index contributed by atoms with van der Waals surface area (Å²) in [5.41, 5.74) is 2.62. The van der Waals surface area contributed by atoms with Crippen molar-refractivity contribution in [3.05, 3.63) is 60.6 Å².